The molecule has 0 bridgehead atoms. The zero-order valence-corrected chi connectivity index (χ0v) is 16.4. The Bertz CT molecular complexity index is 867. The van der Waals surface area contributed by atoms with Crippen molar-refractivity contribution in [2.45, 2.75) is 44.8 Å². The number of nitrogens with one attached hydrogen (secondary N) is 3. The highest BCUT2D eigenvalue weighted by Gasteiger charge is 2.26. The van der Waals surface area contributed by atoms with Gasteiger partial charge in [-0.1, -0.05) is 6.58 Å². The first-order valence-corrected chi connectivity index (χ1v) is 9.72. The van der Waals surface area contributed by atoms with Crippen molar-refractivity contribution in [1.29, 1.82) is 0 Å². The van der Waals surface area contributed by atoms with Crippen molar-refractivity contribution in [2.75, 3.05) is 19.6 Å². The molecule has 3 N–H and O–H groups in total. The van der Waals surface area contributed by atoms with Crippen LogP contribution in [0.5, 0.6) is 0 Å². The van der Waals surface area contributed by atoms with Crippen molar-refractivity contribution in [3.05, 3.63) is 36.4 Å². The number of amides is 1. The molecule has 2 aromatic heterocycles. The Morgan fingerprint density at radius 2 is 2.32 bits per heavy atom. The number of terminal acetylenes is 1. The van der Waals surface area contributed by atoms with Crippen molar-refractivity contribution in [3.8, 4) is 12.3 Å². The highest BCUT2D eigenvalue weighted by atomic mass is 16.1. The highest BCUT2D eigenvalue weighted by molar-refractivity contribution is 5.93. The Morgan fingerprint density at radius 1 is 1.46 bits per heavy atom. The number of H-pyrrole nitrogens is 1. The lowest BCUT2D eigenvalue weighted by Crippen LogP contribution is -2.50. The Hall–Kier alpha value is -2.69. The van der Waals surface area contributed by atoms with Crippen LogP contribution >= 0.6 is 0 Å². The SMILES string of the molecule is C#CCCNC(=O)C(=C)CN1CC(NCc2ncnc3[nH]ccc23)CC[C@@H]1C. The van der Waals surface area contributed by atoms with E-state index in [-0.39, 0.29) is 5.91 Å². The molecule has 7 nitrogen and oxygen atoms in total. The second-order valence-corrected chi connectivity index (χ2v) is 7.31. The van der Waals surface area contributed by atoms with Gasteiger partial charge in [0.15, 0.2) is 0 Å². The number of likely N-dealkylation sites (tertiary alicyclic amines) is 1. The zero-order valence-electron chi connectivity index (χ0n) is 16.4. The van der Waals surface area contributed by atoms with Crippen molar-refractivity contribution in [3.63, 3.8) is 0 Å². The summed E-state index contributed by atoms with van der Waals surface area (Å²) in [5, 5.41) is 7.49. The molecule has 1 unspecified atom stereocenters. The molecule has 7 heteroatoms. The van der Waals surface area contributed by atoms with E-state index in [9.17, 15) is 4.79 Å². The van der Waals surface area contributed by atoms with Crippen LogP contribution in [0.4, 0.5) is 0 Å². The van der Waals surface area contributed by atoms with Gasteiger partial charge in [0.1, 0.15) is 12.0 Å². The van der Waals surface area contributed by atoms with E-state index < -0.39 is 0 Å². The summed E-state index contributed by atoms with van der Waals surface area (Å²) in [4.78, 5) is 26.2. The van der Waals surface area contributed by atoms with Gasteiger partial charge in [-0.2, -0.15) is 0 Å². The predicted molar refractivity (Wildman–Crippen MR) is 110 cm³/mol. The molecule has 0 saturated carbocycles. The first kappa shape index (κ1) is 20.1. The van der Waals surface area contributed by atoms with Gasteiger partial charge in [-0.3, -0.25) is 9.69 Å². The predicted octanol–water partition coefficient (Wildman–Crippen LogP) is 1.60. The van der Waals surface area contributed by atoms with E-state index in [4.69, 9.17) is 6.42 Å². The molecule has 0 spiro atoms. The maximum absolute atomic E-state index is 12.2. The second kappa shape index (κ2) is 9.49. The second-order valence-electron chi connectivity index (χ2n) is 7.31. The summed E-state index contributed by atoms with van der Waals surface area (Å²) in [5.74, 6) is 2.40. The van der Waals surface area contributed by atoms with Gasteiger partial charge in [0.2, 0.25) is 5.91 Å². The molecule has 1 aliphatic heterocycles. The van der Waals surface area contributed by atoms with Crippen LogP contribution in [0.25, 0.3) is 11.0 Å². The molecule has 0 aromatic carbocycles. The fourth-order valence-corrected chi connectivity index (χ4v) is 3.56. The number of hydrogen-bond acceptors (Lipinski definition) is 5. The quantitative estimate of drug-likeness (QED) is 0.368. The van der Waals surface area contributed by atoms with E-state index in [1.54, 1.807) is 6.33 Å². The summed E-state index contributed by atoms with van der Waals surface area (Å²) in [6.45, 7) is 8.78. The lowest BCUT2D eigenvalue weighted by Gasteiger charge is -2.38. The van der Waals surface area contributed by atoms with E-state index in [1.165, 1.54) is 0 Å². The van der Waals surface area contributed by atoms with Crippen LogP contribution in [0.1, 0.15) is 31.9 Å². The van der Waals surface area contributed by atoms with Crippen molar-refractivity contribution in [1.82, 2.24) is 30.5 Å². The maximum atomic E-state index is 12.2. The van der Waals surface area contributed by atoms with Crippen molar-refractivity contribution >= 4 is 16.9 Å². The molecule has 0 aliphatic carbocycles. The Morgan fingerprint density at radius 3 is 3.14 bits per heavy atom. The number of fused-ring (bicyclic) bond motifs is 1. The Kier molecular flexibility index (Phi) is 6.80. The fraction of sp³-hybridized carbons (Fsp3) is 0.476. The lowest BCUT2D eigenvalue weighted by molar-refractivity contribution is -0.117. The fourth-order valence-electron chi connectivity index (χ4n) is 3.56. The van der Waals surface area contributed by atoms with Gasteiger partial charge in [-0.25, -0.2) is 9.97 Å². The monoisotopic (exact) mass is 380 g/mol. The smallest absolute Gasteiger partial charge is 0.247 e. The van der Waals surface area contributed by atoms with Gasteiger partial charge in [0.05, 0.1) is 5.69 Å². The molecule has 0 radical (unpaired) electrons. The van der Waals surface area contributed by atoms with Crippen LogP contribution in [0.3, 0.4) is 0 Å². The summed E-state index contributed by atoms with van der Waals surface area (Å²) in [6, 6.07) is 2.77. The van der Waals surface area contributed by atoms with E-state index in [1.807, 2.05) is 12.3 Å². The third kappa shape index (κ3) is 4.97. The molecule has 1 amide bonds. The van der Waals surface area contributed by atoms with Crippen molar-refractivity contribution in [2.24, 2.45) is 0 Å². The number of aromatic nitrogens is 3. The van der Waals surface area contributed by atoms with Crippen LogP contribution in [0.2, 0.25) is 0 Å². The zero-order chi connectivity index (χ0) is 19.9. The number of carbonyl (C=O) groups excluding carboxylic acids is 1. The first-order chi connectivity index (χ1) is 13.6. The van der Waals surface area contributed by atoms with Gasteiger partial charge >= 0.3 is 0 Å². The van der Waals surface area contributed by atoms with Crippen LogP contribution in [-0.4, -0.2) is 57.5 Å². The van der Waals surface area contributed by atoms with E-state index >= 15 is 0 Å². The lowest BCUT2D eigenvalue weighted by atomic mass is 9.98. The van der Waals surface area contributed by atoms with Crippen LogP contribution in [-0.2, 0) is 11.3 Å². The molecule has 2 aromatic rings. The van der Waals surface area contributed by atoms with Crippen LogP contribution < -0.4 is 10.6 Å². The molecule has 2 atom stereocenters. The number of hydrogen-bond donors (Lipinski definition) is 3. The minimum atomic E-state index is -0.117. The van der Waals surface area contributed by atoms with E-state index in [2.05, 4.69) is 49.9 Å². The van der Waals surface area contributed by atoms with E-state index in [0.717, 1.165) is 36.1 Å². The largest absolute Gasteiger partial charge is 0.351 e. The topological polar surface area (TPSA) is 85.9 Å². The molecule has 1 fully saturated rings. The van der Waals surface area contributed by atoms with Crippen molar-refractivity contribution < 1.29 is 4.79 Å². The number of piperidine rings is 1. The van der Waals surface area contributed by atoms with Gasteiger partial charge in [0, 0.05) is 61.8 Å². The summed E-state index contributed by atoms with van der Waals surface area (Å²) in [7, 11) is 0. The van der Waals surface area contributed by atoms with Gasteiger partial charge in [-0.05, 0) is 25.8 Å². The molecule has 28 heavy (non-hydrogen) atoms. The third-order valence-electron chi connectivity index (χ3n) is 5.28. The standard InChI is InChI=1S/C21H28N6O/c1-4-5-9-23-21(28)15(2)12-27-13-17(7-6-16(27)3)24-11-19-18-8-10-22-20(18)26-14-25-19/h1,8,10,14,16-17,24H,2,5-7,9,11-13H2,3H3,(H,23,28)(H,22,25,26)/t16-,17?/m0/s1. The summed E-state index contributed by atoms with van der Waals surface area (Å²) in [5.41, 5.74) is 2.43. The normalized spacial score (nSPS) is 20.0. The van der Waals surface area contributed by atoms with Crippen LogP contribution in [0.15, 0.2) is 30.7 Å². The van der Waals surface area contributed by atoms with Gasteiger partial charge < -0.3 is 15.6 Å². The van der Waals surface area contributed by atoms with Crippen LogP contribution in [0, 0.1) is 12.3 Å². The van der Waals surface area contributed by atoms with Gasteiger partial charge in [-0.15, -0.1) is 12.3 Å². The summed E-state index contributed by atoms with van der Waals surface area (Å²) < 4.78 is 0. The average molecular weight is 380 g/mol. The molecular weight excluding hydrogens is 352 g/mol. The number of rotatable bonds is 8. The summed E-state index contributed by atoms with van der Waals surface area (Å²) in [6.07, 6.45) is 11.4. The Labute approximate surface area is 166 Å². The average Bonchev–Trinajstić information content (AvgIpc) is 3.18. The first-order valence-electron chi connectivity index (χ1n) is 9.72. The highest BCUT2D eigenvalue weighted by Crippen LogP contribution is 2.19. The molecular formula is C21H28N6O. The third-order valence-corrected chi connectivity index (χ3v) is 5.28. The number of carbonyl (C=O) groups is 1. The molecule has 3 rings (SSSR count). The number of nitrogens with zero attached hydrogens (tertiary/aromatic N) is 3. The Balaban J connectivity index is 1.52. The van der Waals surface area contributed by atoms with E-state index in [0.29, 0.717) is 43.7 Å². The molecule has 1 aliphatic rings. The maximum Gasteiger partial charge on any atom is 0.247 e. The summed E-state index contributed by atoms with van der Waals surface area (Å²) >= 11 is 0. The van der Waals surface area contributed by atoms with Gasteiger partial charge in [0.25, 0.3) is 0 Å². The minimum absolute atomic E-state index is 0.117. The molecule has 148 valence electrons. The number of aromatic amines is 1. The minimum Gasteiger partial charge on any atom is -0.351 e. The molecule has 3 heterocycles. The molecule has 1 saturated heterocycles.